The molecule has 1 unspecified atom stereocenters. The summed E-state index contributed by atoms with van der Waals surface area (Å²) in [5.41, 5.74) is 6.74. The number of fused-ring (bicyclic) bond motifs is 1. The molecule has 0 spiro atoms. The predicted octanol–water partition coefficient (Wildman–Crippen LogP) is 1.29. The standard InChI is InChI=1S/C14H15N3O/c15-11-7-14(18)17(8-11)9-13-12-4-2-1-3-10(12)5-6-16-13/h1-6,11H,7-9,15H2. The topological polar surface area (TPSA) is 59.2 Å². The van der Waals surface area contributed by atoms with E-state index >= 15 is 0 Å². The summed E-state index contributed by atoms with van der Waals surface area (Å²) >= 11 is 0. The average molecular weight is 241 g/mol. The minimum absolute atomic E-state index is 0.0347. The number of hydrogen-bond donors (Lipinski definition) is 1. The molecular weight excluding hydrogens is 226 g/mol. The molecule has 0 saturated carbocycles. The first-order valence-electron chi connectivity index (χ1n) is 6.10. The van der Waals surface area contributed by atoms with Crippen LogP contribution >= 0.6 is 0 Å². The maximum absolute atomic E-state index is 11.7. The summed E-state index contributed by atoms with van der Waals surface area (Å²) in [6.45, 7) is 1.18. The van der Waals surface area contributed by atoms with Crippen LogP contribution in [0.1, 0.15) is 12.1 Å². The average Bonchev–Trinajstić information content (AvgIpc) is 2.68. The van der Waals surface area contributed by atoms with Crippen LogP contribution in [0.2, 0.25) is 0 Å². The van der Waals surface area contributed by atoms with Crippen molar-refractivity contribution in [2.24, 2.45) is 5.73 Å². The van der Waals surface area contributed by atoms with Crippen LogP contribution < -0.4 is 5.73 Å². The van der Waals surface area contributed by atoms with Crippen LogP contribution in [-0.4, -0.2) is 28.4 Å². The highest BCUT2D eigenvalue weighted by Gasteiger charge is 2.27. The monoisotopic (exact) mass is 241 g/mol. The Hall–Kier alpha value is -1.94. The van der Waals surface area contributed by atoms with Crippen LogP contribution in [0.15, 0.2) is 36.5 Å². The third-order valence-electron chi connectivity index (χ3n) is 3.34. The summed E-state index contributed by atoms with van der Waals surface area (Å²) in [6, 6.07) is 10.0. The molecule has 4 nitrogen and oxygen atoms in total. The fourth-order valence-electron chi connectivity index (χ4n) is 2.44. The number of likely N-dealkylation sites (tertiary alicyclic amines) is 1. The lowest BCUT2D eigenvalue weighted by Crippen LogP contribution is -2.28. The zero-order valence-electron chi connectivity index (χ0n) is 10.0. The third kappa shape index (κ3) is 1.95. The maximum Gasteiger partial charge on any atom is 0.224 e. The van der Waals surface area contributed by atoms with Crippen LogP contribution in [0.3, 0.4) is 0 Å². The van der Waals surface area contributed by atoms with E-state index in [9.17, 15) is 4.79 Å². The number of benzene rings is 1. The van der Waals surface area contributed by atoms with Gasteiger partial charge in [0.15, 0.2) is 0 Å². The van der Waals surface area contributed by atoms with Gasteiger partial charge in [0.05, 0.1) is 12.2 Å². The molecule has 1 aromatic carbocycles. The van der Waals surface area contributed by atoms with Crippen LogP contribution in [0.4, 0.5) is 0 Å². The van der Waals surface area contributed by atoms with Crippen LogP contribution in [0, 0.1) is 0 Å². The van der Waals surface area contributed by atoms with Gasteiger partial charge in [-0.05, 0) is 11.5 Å². The summed E-state index contributed by atoms with van der Waals surface area (Å²) in [5, 5.41) is 2.26. The molecule has 1 aliphatic heterocycles. The molecule has 1 saturated heterocycles. The van der Waals surface area contributed by atoms with E-state index in [1.54, 1.807) is 11.1 Å². The summed E-state index contributed by atoms with van der Waals surface area (Å²) in [5.74, 6) is 0.122. The summed E-state index contributed by atoms with van der Waals surface area (Å²) in [6.07, 6.45) is 2.24. The highest BCUT2D eigenvalue weighted by atomic mass is 16.2. The van der Waals surface area contributed by atoms with Crippen molar-refractivity contribution in [1.82, 2.24) is 9.88 Å². The molecular formula is C14H15N3O. The fraction of sp³-hybridized carbons (Fsp3) is 0.286. The molecule has 3 rings (SSSR count). The van der Waals surface area contributed by atoms with Gasteiger partial charge in [0, 0.05) is 30.6 Å². The van der Waals surface area contributed by atoms with E-state index in [-0.39, 0.29) is 11.9 Å². The van der Waals surface area contributed by atoms with Gasteiger partial charge in [-0.2, -0.15) is 0 Å². The number of carbonyl (C=O) groups is 1. The summed E-state index contributed by atoms with van der Waals surface area (Å²) < 4.78 is 0. The molecule has 0 aliphatic carbocycles. The van der Waals surface area contributed by atoms with E-state index in [1.165, 1.54) is 0 Å². The molecule has 0 bridgehead atoms. The molecule has 2 aromatic rings. The highest BCUT2D eigenvalue weighted by Crippen LogP contribution is 2.20. The predicted molar refractivity (Wildman–Crippen MR) is 69.8 cm³/mol. The van der Waals surface area contributed by atoms with Gasteiger partial charge < -0.3 is 10.6 Å². The highest BCUT2D eigenvalue weighted by molar-refractivity contribution is 5.85. The van der Waals surface area contributed by atoms with Crippen molar-refractivity contribution in [2.45, 2.75) is 19.0 Å². The zero-order valence-corrected chi connectivity index (χ0v) is 10.0. The minimum atomic E-state index is -0.0347. The molecule has 1 aliphatic rings. The zero-order chi connectivity index (χ0) is 12.5. The van der Waals surface area contributed by atoms with Crippen molar-refractivity contribution in [1.29, 1.82) is 0 Å². The van der Waals surface area contributed by atoms with Gasteiger partial charge in [0.1, 0.15) is 0 Å². The van der Waals surface area contributed by atoms with E-state index in [4.69, 9.17) is 5.73 Å². The smallest absolute Gasteiger partial charge is 0.224 e. The number of rotatable bonds is 2. The first-order chi connectivity index (χ1) is 8.74. The van der Waals surface area contributed by atoms with Gasteiger partial charge in [-0.3, -0.25) is 9.78 Å². The Morgan fingerprint density at radius 1 is 1.33 bits per heavy atom. The molecule has 0 radical (unpaired) electrons. The summed E-state index contributed by atoms with van der Waals surface area (Å²) in [4.78, 5) is 17.9. The van der Waals surface area contributed by atoms with Gasteiger partial charge >= 0.3 is 0 Å². The quantitative estimate of drug-likeness (QED) is 0.862. The van der Waals surface area contributed by atoms with E-state index in [0.29, 0.717) is 19.5 Å². The largest absolute Gasteiger partial charge is 0.335 e. The van der Waals surface area contributed by atoms with Gasteiger partial charge in [-0.15, -0.1) is 0 Å². The Morgan fingerprint density at radius 3 is 2.94 bits per heavy atom. The third-order valence-corrected chi connectivity index (χ3v) is 3.34. The van der Waals surface area contributed by atoms with Crippen molar-refractivity contribution in [2.75, 3.05) is 6.54 Å². The Morgan fingerprint density at radius 2 is 2.17 bits per heavy atom. The second-order valence-electron chi connectivity index (χ2n) is 4.72. The number of nitrogens with zero attached hydrogens (tertiary/aromatic N) is 2. The first-order valence-corrected chi connectivity index (χ1v) is 6.10. The van der Waals surface area contributed by atoms with Crippen molar-refractivity contribution >= 4 is 16.7 Å². The van der Waals surface area contributed by atoms with E-state index in [1.807, 2.05) is 24.3 Å². The molecule has 1 amide bonds. The second-order valence-corrected chi connectivity index (χ2v) is 4.72. The fourth-order valence-corrected chi connectivity index (χ4v) is 2.44. The normalized spacial score (nSPS) is 19.7. The SMILES string of the molecule is NC1CC(=O)N(Cc2nccc3ccccc23)C1. The molecule has 1 atom stereocenters. The van der Waals surface area contributed by atoms with Crippen molar-refractivity contribution in [3.05, 3.63) is 42.2 Å². The molecule has 1 fully saturated rings. The van der Waals surface area contributed by atoms with E-state index in [0.717, 1.165) is 16.5 Å². The second kappa shape index (κ2) is 4.38. The number of aromatic nitrogens is 1. The number of nitrogens with two attached hydrogens (primary N) is 1. The Kier molecular flexibility index (Phi) is 2.72. The molecule has 18 heavy (non-hydrogen) atoms. The van der Waals surface area contributed by atoms with Gasteiger partial charge in [-0.25, -0.2) is 0 Å². The number of pyridine rings is 1. The van der Waals surface area contributed by atoms with Crippen LogP contribution in [0.5, 0.6) is 0 Å². The molecule has 92 valence electrons. The Balaban J connectivity index is 1.93. The number of amides is 1. The Labute approximate surface area is 105 Å². The Bertz CT molecular complexity index is 591. The van der Waals surface area contributed by atoms with Gasteiger partial charge in [0.2, 0.25) is 5.91 Å². The molecule has 2 heterocycles. The van der Waals surface area contributed by atoms with Gasteiger partial charge in [-0.1, -0.05) is 24.3 Å². The van der Waals surface area contributed by atoms with Crippen molar-refractivity contribution in [3.8, 4) is 0 Å². The molecule has 1 aromatic heterocycles. The lowest BCUT2D eigenvalue weighted by molar-refractivity contribution is -0.128. The van der Waals surface area contributed by atoms with Gasteiger partial charge in [0.25, 0.3) is 0 Å². The van der Waals surface area contributed by atoms with Crippen molar-refractivity contribution < 1.29 is 4.79 Å². The minimum Gasteiger partial charge on any atom is -0.335 e. The molecule has 2 N–H and O–H groups in total. The maximum atomic E-state index is 11.7. The van der Waals surface area contributed by atoms with Crippen molar-refractivity contribution in [3.63, 3.8) is 0 Å². The first kappa shape index (κ1) is 11.2. The number of hydrogen-bond acceptors (Lipinski definition) is 3. The molecule has 4 heteroatoms. The lowest BCUT2D eigenvalue weighted by atomic mass is 10.1. The van der Waals surface area contributed by atoms with Crippen LogP contribution in [0.25, 0.3) is 10.8 Å². The van der Waals surface area contributed by atoms with E-state index < -0.39 is 0 Å². The van der Waals surface area contributed by atoms with Crippen LogP contribution in [-0.2, 0) is 11.3 Å². The number of carbonyl (C=O) groups excluding carboxylic acids is 1. The lowest BCUT2D eigenvalue weighted by Gasteiger charge is -2.16. The van der Waals surface area contributed by atoms with E-state index in [2.05, 4.69) is 11.1 Å². The summed E-state index contributed by atoms with van der Waals surface area (Å²) in [7, 11) is 0.